The van der Waals surface area contributed by atoms with Crippen molar-refractivity contribution in [2.24, 2.45) is 0 Å². The van der Waals surface area contributed by atoms with E-state index in [0.717, 1.165) is 11.1 Å². The molecule has 0 saturated heterocycles. The van der Waals surface area contributed by atoms with Crippen LogP contribution in [0.15, 0.2) is 60.7 Å². The van der Waals surface area contributed by atoms with Crippen LogP contribution < -0.4 is 5.32 Å². The predicted octanol–water partition coefficient (Wildman–Crippen LogP) is 2.45. The second-order valence-corrected chi connectivity index (χ2v) is 6.87. The summed E-state index contributed by atoms with van der Waals surface area (Å²) in [6, 6.07) is 18.9. The molecular weight excluding hydrogens is 380 g/mol. The molecule has 30 heavy (non-hydrogen) atoms. The van der Waals surface area contributed by atoms with Crippen LogP contribution in [-0.2, 0) is 11.3 Å². The van der Waals surface area contributed by atoms with Gasteiger partial charge in [0.25, 0.3) is 0 Å². The van der Waals surface area contributed by atoms with Crippen LogP contribution >= 0.6 is 0 Å². The summed E-state index contributed by atoms with van der Waals surface area (Å²) in [5.74, 6) is 1.73. The first-order valence-corrected chi connectivity index (χ1v) is 9.75. The van der Waals surface area contributed by atoms with Crippen LogP contribution in [0, 0.1) is 6.92 Å². The zero-order chi connectivity index (χ0) is 20.8. The molecule has 1 unspecified atom stereocenters. The number of carbonyl (C=O) groups is 1. The maximum atomic E-state index is 12.6. The molecule has 1 amide bonds. The number of amides is 1. The van der Waals surface area contributed by atoms with E-state index < -0.39 is 6.04 Å². The number of aromatic nitrogens is 7. The predicted molar refractivity (Wildman–Crippen MR) is 110 cm³/mol. The molecular formula is C21H22N8O. The summed E-state index contributed by atoms with van der Waals surface area (Å²) in [7, 11) is 0. The lowest BCUT2D eigenvalue weighted by atomic mass is 10.1. The van der Waals surface area contributed by atoms with E-state index in [4.69, 9.17) is 0 Å². The molecule has 2 aromatic heterocycles. The summed E-state index contributed by atoms with van der Waals surface area (Å²) in [5.41, 5.74) is 1.84. The van der Waals surface area contributed by atoms with Gasteiger partial charge >= 0.3 is 0 Å². The molecule has 0 aliphatic heterocycles. The van der Waals surface area contributed by atoms with E-state index in [1.807, 2.05) is 67.6 Å². The molecule has 4 aromatic rings. The van der Waals surface area contributed by atoms with Gasteiger partial charge in [-0.1, -0.05) is 60.7 Å². The van der Waals surface area contributed by atoms with E-state index in [2.05, 4.69) is 35.9 Å². The highest BCUT2D eigenvalue weighted by Crippen LogP contribution is 2.19. The Labute approximate surface area is 173 Å². The summed E-state index contributed by atoms with van der Waals surface area (Å²) in [6.07, 6.45) is 0.917. The minimum absolute atomic E-state index is 0.0882. The molecule has 0 fully saturated rings. The van der Waals surface area contributed by atoms with Gasteiger partial charge in [-0.15, -0.1) is 10.2 Å². The third-order valence-electron chi connectivity index (χ3n) is 4.56. The van der Waals surface area contributed by atoms with Crippen LogP contribution in [0.4, 0.5) is 0 Å². The van der Waals surface area contributed by atoms with Gasteiger partial charge in [-0.3, -0.25) is 9.89 Å². The van der Waals surface area contributed by atoms with E-state index in [0.29, 0.717) is 36.9 Å². The fourth-order valence-corrected chi connectivity index (χ4v) is 3.09. The highest BCUT2D eigenvalue weighted by atomic mass is 16.1. The Morgan fingerprint density at radius 2 is 1.83 bits per heavy atom. The Balaban J connectivity index is 1.35. The Hall–Kier alpha value is -3.88. The number of nitrogens with one attached hydrogen (secondary N) is 2. The van der Waals surface area contributed by atoms with E-state index in [1.165, 1.54) is 4.80 Å². The number of carbonyl (C=O) groups excluding carboxylic acids is 1. The lowest BCUT2D eigenvalue weighted by Crippen LogP contribution is -2.30. The molecule has 152 valence electrons. The van der Waals surface area contributed by atoms with E-state index in [1.54, 1.807) is 0 Å². The summed E-state index contributed by atoms with van der Waals surface area (Å²) < 4.78 is 0. The van der Waals surface area contributed by atoms with Gasteiger partial charge in [0.1, 0.15) is 11.9 Å². The number of aromatic amines is 1. The molecule has 0 radical (unpaired) electrons. The zero-order valence-corrected chi connectivity index (χ0v) is 16.6. The minimum Gasteiger partial charge on any atom is -0.342 e. The van der Waals surface area contributed by atoms with Crippen LogP contribution in [0.1, 0.15) is 36.1 Å². The molecule has 0 aliphatic carbocycles. The standard InChI is InChI=1S/C21H22N8O/c1-15-22-21(25-24-15)19(16-9-4-2-5-10-16)23-18(30)13-8-14-29-27-20(26-28-29)17-11-6-3-7-12-17/h2-7,9-12,19H,8,13-14H2,1H3,(H,23,30)(H,22,24,25). The Bertz CT molecular complexity index is 1090. The van der Waals surface area contributed by atoms with Gasteiger partial charge in [-0.25, -0.2) is 4.98 Å². The SMILES string of the molecule is Cc1nc(C(NC(=O)CCCn2nnc(-c3ccccc3)n2)c2ccccc2)n[nH]1. The van der Waals surface area contributed by atoms with Crippen molar-refractivity contribution in [3.8, 4) is 11.4 Å². The maximum absolute atomic E-state index is 12.6. The molecule has 2 heterocycles. The number of aryl methyl sites for hydroxylation is 2. The smallest absolute Gasteiger partial charge is 0.220 e. The van der Waals surface area contributed by atoms with Crippen LogP contribution in [0.25, 0.3) is 11.4 Å². The van der Waals surface area contributed by atoms with Crippen molar-refractivity contribution in [2.75, 3.05) is 0 Å². The molecule has 9 heteroatoms. The number of nitrogens with zero attached hydrogens (tertiary/aromatic N) is 6. The molecule has 0 aliphatic rings. The second kappa shape index (κ2) is 9.08. The van der Waals surface area contributed by atoms with Crippen LogP contribution in [0.3, 0.4) is 0 Å². The molecule has 1 atom stereocenters. The Kier molecular flexibility index (Phi) is 5.88. The molecule has 0 saturated carbocycles. The quantitative estimate of drug-likeness (QED) is 0.468. The van der Waals surface area contributed by atoms with Gasteiger partial charge in [0, 0.05) is 12.0 Å². The molecule has 0 spiro atoms. The van der Waals surface area contributed by atoms with Gasteiger partial charge in [0.2, 0.25) is 11.7 Å². The highest BCUT2D eigenvalue weighted by Gasteiger charge is 2.20. The summed E-state index contributed by atoms with van der Waals surface area (Å²) >= 11 is 0. The van der Waals surface area contributed by atoms with Crippen molar-refractivity contribution in [3.63, 3.8) is 0 Å². The van der Waals surface area contributed by atoms with Crippen molar-refractivity contribution >= 4 is 5.91 Å². The summed E-state index contributed by atoms with van der Waals surface area (Å²) in [6.45, 7) is 2.33. The average molecular weight is 402 g/mol. The second-order valence-electron chi connectivity index (χ2n) is 6.87. The van der Waals surface area contributed by atoms with Crippen LogP contribution in [-0.4, -0.2) is 41.3 Å². The Morgan fingerprint density at radius 3 is 2.53 bits per heavy atom. The topological polar surface area (TPSA) is 114 Å². The third-order valence-corrected chi connectivity index (χ3v) is 4.56. The Morgan fingerprint density at radius 1 is 1.10 bits per heavy atom. The number of benzene rings is 2. The molecule has 4 rings (SSSR count). The maximum Gasteiger partial charge on any atom is 0.220 e. The number of hydrogen-bond donors (Lipinski definition) is 2. The van der Waals surface area contributed by atoms with Gasteiger partial charge in [0.15, 0.2) is 5.82 Å². The zero-order valence-electron chi connectivity index (χ0n) is 16.6. The third kappa shape index (κ3) is 4.75. The fraction of sp³-hybridized carbons (Fsp3) is 0.238. The van der Waals surface area contributed by atoms with Gasteiger partial charge in [0.05, 0.1) is 6.54 Å². The fourth-order valence-electron chi connectivity index (χ4n) is 3.09. The van der Waals surface area contributed by atoms with Gasteiger partial charge in [-0.2, -0.15) is 9.90 Å². The number of rotatable bonds is 8. The molecule has 2 aromatic carbocycles. The lowest BCUT2D eigenvalue weighted by molar-refractivity contribution is -0.121. The first-order valence-electron chi connectivity index (χ1n) is 9.75. The molecule has 2 N–H and O–H groups in total. The first kappa shape index (κ1) is 19.4. The largest absolute Gasteiger partial charge is 0.342 e. The monoisotopic (exact) mass is 402 g/mol. The molecule has 0 bridgehead atoms. The van der Waals surface area contributed by atoms with Crippen molar-refractivity contribution in [3.05, 3.63) is 77.9 Å². The van der Waals surface area contributed by atoms with E-state index in [-0.39, 0.29) is 5.91 Å². The van der Waals surface area contributed by atoms with Crippen molar-refractivity contribution in [2.45, 2.75) is 32.4 Å². The van der Waals surface area contributed by atoms with Crippen LogP contribution in [0.5, 0.6) is 0 Å². The summed E-state index contributed by atoms with van der Waals surface area (Å²) in [5, 5.41) is 22.6. The lowest BCUT2D eigenvalue weighted by Gasteiger charge is -2.16. The van der Waals surface area contributed by atoms with E-state index >= 15 is 0 Å². The van der Waals surface area contributed by atoms with Gasteiger partial charge in [-0.05, 0) is 24.1 Å². The van der Waals surface area contributed by atoms with Crippen LogP contribution in [0.2, 0.25) is 0 Å². The number of tetrazole rings is 1. The average Bonchev–Trinajstić information content (AvgIpc) is 3.42. The molecule has 9 nitrogen and oxygen atoms in total. The minimum atomic E-state index is -0.405. The number of hydrogen-bond acceptors (Lipinski definition) is 6. The van der Waals surface area contributed by atoms with Crippen molar-refractivity contribution in [1.82, 2.24) is 40.7 Å². The van der Waals surface area contributed by atoms with Crippen molar-refractivity contribution in [1.29, 1.82) is 0 Å². The van der Waals surface area contributed by atoms with Crippen molar-refractivity contribution < 1.29 is 4.79 Å². The van der Waals surface area contributed by atoms with Gasteiger partial charge < -0.3 is 5.32 Å². The highest BCUT2D eigenvalue weighted by molar-refractivity contribution is 5.76. The number of H-pyrrole nitrogens is 1. The normalized spacial score (nSPS) is 11.9. The summed E-state index contributed by atoms with van der Waals surface area (Å²) in [4.78, 5) is 18.5. The first-order chi connectivity index (χ1) is 14.7. The van der Waals surface area contributed by atoms with E-state index in [9.17, 15) is 4.79 Å².